The first-order valence-corrected chi connectivity index (χ1v) is 8.95. The van der Waals surface area contributed by atoms with Gasteiger partial charge in [-0.3, -0.25) is 9.48 Å². The van der Waals surface area contributed by atoms with E-state index in [0.29, 0.717) is 24.2 Å². The van der Waals surface area contributed by atoms with Crippen LogP contribution in [0.3, 0.4) is 0 Å². The molecule has 8 heteroatoms. The number of aryl methyl sites for hydroxylation is 1. The summed E-state index contributed by atoms with van der Waals surface area (Å²) in [5.74, 6) is 1.56. The quantitative estimate of drug-likeness (QED) is 0.814. The molecule has 0 radical (unpaired) electrons. The molecular formula is C17H26N6O2. The van der Waals surface area contributed by atoms with E-state index in [1.54, 1.807) is 16.6 Å². The molecular weight excluding hydrogens is 320 g/mol. The third-order valence-electron chi connectivity index (χ3n) is 4.46. The third-order valence-corrected chi connectivity index (χ3v) is 4.46. The predicted octanol–water partition coefficient (Wildman–Crippen LogP) is 1.34. The Kier molecular flexibility index (Phi) is 5.80. The zero-order valence-electron chi connectivity index (χ0n) is 14.9. The van der Waals surface area contributed by atoms with E-state index in [0.717, 1.165) is 38.0 Å². The lowest BCUT2D eigenvalue weighted by Crippen LogP contribution is -2.30. The van der Waals surface area contributed by atoms with Crippen LogP contribution in [-0.2, 0) is 24.3 Å². The average molecular weight is 346 g/mol. The van der Waals surface area contributed by atoms with Crippen molar-refractivity contribution in [1.29, 1.82) is 0 Å². The van der Waals surface area contributed by atoms with E-state index < -0.39 is 0 Å². The average Bonchev–Trinajstić information content (AvgIpc) is 3.26. The molecule has 8 nitrogen and oxygen atoms in total. The normalized spacial score (nSPS) is 17.6. The highest BCUT2D eigenvalue weighted by atomic mass is 16.5. The molecule has 1 N–H and O–H groups in total. The molecule has 0 spiro atoms. The maximum absolute atomic E-state index is 12.4. The van der Waals surface area contributed by atoms with Crippen LogP contribution < -0.4 is 5.32 Å². The lowest BCUT2D eigenvalue weighted by Gasteiger charge is -2.20. The second kappa shape index (κ2) is 8.24. The Balaban J connectivity index is 1.53. The fourth-order valence-electron chi connectivity index (χ4n) is 3.02. The van der Waals surface area contributed by atoms with E-state index in [9.17, 15) is 4.79 Å². The highest BCUT2D eigenvalue weighted by Crippen LogP contribution is 2.21. The highest BCUT2D eigenvalue weighted by molar-refractivity contribution is 5.75. The van der Waals surface area contributed by atoms with Gasteiger partial charge in [-0.15, -0.1) is 0 Å². The summed E-state index contributed by atoms with van der Waals surface area (Å²) in [6, 6.07) is 2.01. The maximum Gasteiger partial charge on any atom is 0.246 e. The number of likely N-dealkylation sites (N-methyl/N-ethyl adjacent to an activating group) is 1. The number of nitrogens with one attached hydrogen (secondary N) is 1. The van der Waals surface area contributed by atoms with Crippen molar-refractivity contribution in [3.05, 3.63) is 29.7 Å². The number of hydrogen-bond donors (Lipinski definition) is 1. The van der Waals surface area contributed by atoms with Crippen LogP contribution in [0.1, 0.15) is 49.5 Å². The molecule has 1 atom stereocenters. The number of hydrogen-bond acceptors (Lipinski definition) is 6. The van der Waals surface area contributed by atoms with Crippen molar-refractivity contribution in [2.45, 2.75) is 51.6 Å². The van der Waals surface area contributed by atoms with E-state index in [1.807, 2.05) is 12.3 Å². The summed E-state index contributed by atoms with van der Waals surface area (Å²) in [6.07, 6.45) is 5.94. The molecule has 0 aliphatic carbocycles. The number of rotatable bonds is 7. The maximum atomic E-state index is 12.4. The van der Waals surface area contributed by atoms with Gasteiger partial charge in [-0.25, -0.2) is 0 Å². The first-order chi connectivity index (χ1) is 12.2. The van der Waals surface area contributed by atoms with Crippen LogP contribution in [-0.4, -0.2) is 50.9 Å². The number of piperidine rings is 1. The fourth-order valence-corrected chi connectivity index (χ4v) is 3.02. The van der Waals surface area contributed by atoms with Crippen LogP contribution in [0.15, 0.2) is 16.8 Å². The van der Waals surface area contributed by atoms with Gasteiger partial charge in [0.15, 0.2) is 5.82 Å². The van der Waals surface area contributed by atoms with Gasteiger partial charge in [0.2, 0.25) is 11.8 Å². The second-order valence-corrected chi connectivity index (χ2v) is 6.59. The number of nitrogens with zero attached hydrogens (tertiary/aromatic N) is 5. The smallest absolute Gasteiger partial charge is 0.246 e. The molecule has 1 amide bonds. The third kappa shape index (κ3) is 4.66. The zero-order chi connectivity index (χ0) is 17.6. The summed E-state index contributed by atoms with van der Waals surface area (Å²) < 4.78 is 6.89. The number of aromatic nitrogens is 4. The molecule has 0 aromatic carbocycles. The topological polar surface area (TPSA) is 89.1 Å². The number of amides is 1. The minimum Gasteiger partial charge on any atom is -0.337 e. The molecule has 1 unspecified atom stereocenters. The van der Waals surface area contributed by atoms with E-state index in [-0.39, 0.29) is 12.5 Å². The summed E-state index contributed by atoms with van der Waals surface area (Å²) in [6.45, 7) is 4.63. The molecule has 1 aliphatic rings. The SMILES string of the molecule is CCCc1noc(CN(C)C(=O)Cn2ccc(C3CCCNC3)n2)n1. The molecule has 3 rings (SSSR count). The molecule has 2 aromatic rings. The van der Waals surface area contributed by atoms with E-state index in [2.05, 4.69) is 27.5 Å². The van der Waals surface area contributed by atoms with Gasteiger partial charge in [0, 0.05) is 32.1 Å². The van der Waals surface area contributed by atoms with E-state index >= 15 is 0 Å². The monoisotopic (exact) mass is 346 g/mol. The molecule has 1 aliphatic heterocycles. The van der Waals surface area contributed by atoms with Gasteiger partial charge in [-0.2, -0.15) is 10.1 Å². The largest absolute Gasteiger partial charge is 0.337 e. The van der Waals surface area contributed by atoms with Gasteiger partial charge in [0.05, 0.1) is 12.2 Å². The van der Waals surface area contributed by atoms with Crippen molar-refractivity contribution in [2.75, 3.05) is 20.1 Å². The summed E-state index contributed by atoms with van der Waals surface area (Å²) >= 11 is 0. The Morgan fingerprint density at radius 2 is 2.40 bits per heavy atom. The van der Waals surface area contributed by atoms with Gasteiger partial charge in [0.25, 0.3) is 0 Å². The Hall–Kier alpha value is -2.22. The van der Waals surface area contributed by atoms with Crippen LogP contribution in [0.4, 0.5) is 0 Å². The molecule has 1 fully saturated rings. The number of carbonyl (C=O) groups is 1. The summed E-state index contributed by atoms with van der Waals surface area (Å²) in [4.78, 5) is 18.3. The van der Waals surface area contributed by atoms with Gasteiger partial charge >= 0.3 is 0 Å². The first-order valence-electron chi connectivity index (χ1n) is 8.95. The van der Waals surface area contributed by atoms with Crippen molar-refractivity contribution in [2.24, 2.45) is 0 Å². The standard InChI is InChI=1S/C17H26N6O2/c1-3-5-15-19-16(25-21-15)11-22(2)17(24)12-23-9-7-14(20-23)13-6-4-8-18-10-13/h7,9,13,18H,3-6,8,10-12H2,1-2H3. The second-order valence-electron chi connectivity index (χ2n) is 6.59. The zero-order valence-corrected chi connectivity index (χ0v) is 14.9. The Bertz CT molecular complexity index is 689. The summed E-state index contributed by atoms with van der Waals surface area (Å²) in [5.41, 5.74) is 1.06. The lowest BCUT2D eigenvalue weighted by atomic mass is 9.97. The molecule has 1 saturated heterocycles. The van der Waals surface area contributed by atoms with E-state index in [4.69, 9.17) is 4.52 Å². The minimum atomic E-state index is -0.0355. The molecule has 0 saturated carbocycles. The van der Waals surface area contributed by atoms with Gasteiger partial charge < -0.3 is 14.7 Å². The Morgan fingerprint density at radius 3 is 3.16 bits per heavy atom. The van der Waals surface area contributed by atoms with Crippen molar-refractivity contribution in [3.8, 4) is 0 Å². The van der Waals surface area contributed by atoms with Crippen molar-refractivity contribution in [1.82, 2.24) is 30.1 Å². The van der Waals surface area contributed by atoms with Crippen LogP contribution >= 0.6 is 0 Å². The van der Waals surface area contributed by atoms with Crippen molar-refractivity contribution in [3.63, 3.8) is 0 Å². The summed E-state index contributed by atoms with van der Waals surface area (Å²) in [5, 5.41) is 11.9. The molecule has 136 valence electrons. The van der Waals surface area contributed by atoms with Gasteiger partial charge in [-0.05, 0) is 31.9 Å². The van der Waals surface area contributed by atoms with Crippen LogP contribution in [0, 0.1) is 0 Å². The summed E-state index contributed by atoms with van der Waals surface area (Å²) in [7, 11) is 1.74. The highest BCUT2D eigenvalue weighted by Gasteiger charge is 2.19. The molecule has 0 bridgehead atoms. The van der Waals surface area contributed by atoms with Crippen molar-refractivity contribution >= 4 is 5.91 Å². The minimum absolute atomic E-state index is 0.0355. The van der Waals surface area contributed by atoms with E-state index in [1.165, 1.54) is 6.42 Å². The van der Waals surface area contributed by atoms with Gasteiger partial charge in [0.1, 0.15) is 6.54 Å². The lowest BCUT2D eigenvalue weighted by molar-refractivity contribution is -0.131. The first kappa shape index (κ1) is 17.6. The molecule has 25 heavy (non-hydrogen) atoms. The predicted molar refractivity (Wildman–Crippen MR) is 91.8 cm³/mol. The van der Waals surface area contributed by atoms with Crippen LogP contribution in [0.25, 0.3) is 0 Å². The molecule has 3 heterocycles. The fraction of sp³-hybridized carbons (Fsp3) is 0.647. The van der Waals surface area contributed by atoms with Crippen molar-refractivity contribution < 1.29 is 9.32 Å². The Morgan fingerprint density at radius 1 is 1.52 bits per heavy atom. The molecule has 2 aromatic heterocycles. The van der Waals surface area contributed by atoms with Gasteiger partial charge in [-0.1, -0.05) is 12.1 Å². The number of carbonyl (C=O) groups excluding carboxylic acids is 1. The van der Waals surface area contributed by atoms with Crippen LogP contribution in [0.2, 0.25) is 0 Å². The van der Waals surface area contributed by atoms with Crippen LogP contribution in [0.5, 0.6) is 0 Å². The Labute approximate surface area is 147 Å².